The minimum atomic E-state index is 0. The van der Waals surface area contributed by atoms with E-state index in [1.54, 1.807) is 0 Å². The van der Waals surface area contributed by atoms with Crippen LogP contribution >= 0.6 is 0 Å². The molecule has 2 aliphatic rings. The average Bonchev–Trinajstić information content (AvgIpc) is 3.88. The summed E-state index contributed by atoms with van der Waals surface area (Å²) in [5.41, 5.74) is 10.8. The maximum Gasteiger partial charge on any atom is -0.0216 e. The zero-order valence-electron chi connectivity index (χ0n) is 45.9. The Hall–Kier alpha value is -2.34. The van der Waals surface area contributed by atoms with Crippen LogP contribution < -0.4 is 0 Å². The molecule has 386 valence electrons. The van der Waals surface area contributed by atoms with E-state index >= 15 is 0 Å². The van der Waals surface area contributed by atoms with Crippen LogP contribution in [0.1, 0.15) is 303 Å². The summed E-state index contributed by atoms with van der Waals surface area (Å²) in [5, 5.41) is 0. The van der Waals surface area contributed by atoms with Gasteiger partial charge in [0, 0.05) is 0 Å². The molecular formula is C66H122. The number of hydrogen-bond acceptors (Lipinski definition) is 0. The molecule has 3 aromatic carbocycles. The minimum absolute atomic E-state index is 0. The van der Waals surface area contributed by atoms with Gasteiger partial charge in [-0.25, -0.2) is 0 Å². The predicted octanol–water partition coefficient (Wildman–Crippen LogP) is 23.3. The van der Waals surface area contributed by atoms with Crippen molar-refractivity contribution in [3.63, 3.8) is 0 Å². The van der Waals surface area contributed by atoms with Crippen LogP contribution in [0.4, 0.5) is 0 Å². The van der Waals surface area contributed by atoms with Crippen molar-refractivity contribution < 1.29 is 0 Å². The van der Waals surface area contributed by atoms with Crippen LogP contribution in [0.5, 0.6) is 0 Å². The van der Waals surface area contributed by atoms with Crippen LogP contribution in [0.25, 0.3) is 0 Å². The Morgan fingerprint density at radius 3 is 0.833 bits per heavy atom. The molecule has 4 atom stereocenters. The van der Waals surface area contributed by atoms with Gasteiger partial charge in [0.15, 0.2) is 0 Å². The number of hydrogen-bond donors (Lipinski definition) is 0. The van der Waals surface area contributed by atoms with Crippen LogP contribution in [-0.4, -0.2) is 0 Å². The lowest BCUT2D eigenvalue weighted by atomic mass is 9.66. The molecule has 66 heavy (non-hydrogen) atoms. The Bertz CT molecular complexity index is 1510. The summed E-state index contributed by atoms with van der Waals surface area (Å²) in [6.07, 6.45) is 8.70. The van der Waals surface area contributed by atoms with Gasteiger partial charge in [0.25, 0.3) is 0 Å². The van der Waals surface area contributed by atoms with Crippen molar-refractivity contribution >= 4 is 0 Å². The van der Waals surface area contributed by atoms with Gasteiger partial charge in [0.05, 0.1) is 0 Å². The molecule has 2 fully saturated rings. The molecule has 4 unspecified atom stereocenters. The third-order valence-corrected chi connectivity index (χ3v) is 14.4. The second-order valence-electron chi connectivity index (χ2n) is 25.7. The molecule has 0 N–H and O–H groups in total. The third-order valence-electron chi connectivity index (χ3n) is 14.4. The average molecular weight is 916 g/mol. The number of benzene rings is 3. The predicted molar refractivity (Wildman–Crippen MR) is 310 cm³/mol. The van der Waals surface area contributed by atoms with Crippen molar-refractivity contribution in [3.8, 4) is 0 Å². The maximum absolute atomic E-state index is 2.40. The highest BCUT2D eigenvalue weighted by Gasteiger charge is 2.41. The Labute approximate surface area is 419 Å². The first kappa shape index (κ1) is 70.2. The van der Waals surface area contributed by atoms with Crippen molar-refractivity contribution in [2.75, 3.05) is 0 Å². The fraction of sp³-hybridized carbons (Fsp3) is 0.727. The zero-order chi connectivity index (χ0) is 48.0. The fourth-order valence-corrected chi connectivity index (χ4v) is 9.69. The van der Waals surface area contributed by atoms with Gasteiger partial charge in [-0.2, -0.15) is 0 Å². The normalized spacial score (nSPS) is 18.3. The van der Waals surface area contributed by atoms with Crippen LogP contribution in [0, 0.1) is 45.3 Å². The highest BCUT2D eigenvalue weighted by Crippen LogP contribution is 2.51. The summed E-state index contributed by atoms with van der Waals surface area (Å²) in [6.45, 7) is 55.6. The summed E-state index contributed by atoms with van der Waals surface area (Å²) >= 11 is 0. The van der Waals surface area contributed by atoms with E-state index in [-0.39, 0.29) is 29.7 Å². The summed E-state index contributed by atoms with van der Waals surface area (Å²) < 4.78 is 0. The molecule has 0 aromatic heterocycles. The fourth-order valence-electron chi connectivity index (χ4n) is 9.69. The van der Waals surface area contributed by atoms with E-state index in [2.05, 4.69) is 239 Å². The highest BCUT2D eigenvalue weighted by atomic mass is 14.5. The SMILES string of the molecule is C.C.C.C.CC(C)(C)C1CCC(C(C)(C)C)C1.CC(C)(C)C1CCCC1C(C)(C)C.CC(C)c1ccc(C(C)C)cc1.CC(C)c1cccc(C(C)C)c1.CC(C)c1ccccc1C(C)C. The Balaban J connectivity index is -0.000000359. The summed E-state index contributed by atoms with van der Waals surface area (Å²) in [6, 6.07) is 26.6. The monoisotopic (exact) mass is 915 g/mol. The van der Waals surface area contributed by atoms with E-state index in [0.717, 1.165) is 23.7 Å². The molecule has 0 amide bonds. The standard InChI is InChI=1S/2C13H26.3C12H18.4CH4/c1-12(2,3)10-7-8-11(9-10)13(4,5)6;1-12(2,3)10-8-7-9-11(10)13(4,5)6;1-9(2)11-5-7-12(8-6-11)10(3)4;1-9(2)11-6-5-7-12(8-11)10(3)4;1-9(2)11-7-5-6-8-12(11)10(3)4;;;;/h2*10-11H,7-9H2,1-6H3;3*5-10H,1-4H3;4*1H4. The summed E-state index contributed by atoms with van der Waals surface area (Å²) in [4.78, 5) is 0. The Morgan fingerprint density at radius 2 is 0.621 bits per heavy atom. The highest BCUT2D eigenvalue weighted by molar-refractivity contribution is 5.32. The third kappa shape index (κ3) is 24.8. The molecular weight excluding hydrogens is 793 g/mol. The van der Waals surface area contributed by atoms with Gasteiger partial charge < -0.3 is 0 Å². The van der Waals surface area contributed by atoms with Gasteiger partial charge in [0.1, 0.15) is 0 Å². The lowest BCUT2D eigenvalue weighted by Crippen LogP contribution is -2.32. The van der Waals surface area contributed by atoms with Gasteiger partial charge >= 0.3 is 0 Å². The first-order chi connectivity index (χ1) is 28.3. The molecule has 2 saturated carbocycles. The first-order valence-corrected chi connectivity index (χ1v) is 25.6. The van der Waals surface area contributed by atoms with Crippen LogP contribution in [-0.2, 0) is 0 Å². The van der Waals surface area contributed by atoms with Gasteiger partial charge in [-0.1, -0.05) is 275 Å². The van der Waals surface area contributed by atoms with E-state index in [4.69, 9.17) is 0 Å². The van der Waals surface area contributed by atoms with Gasteiger partial charge in [-0.3, -0.25) is 0 Å². The van der Waals surface area contributed by atoms with E-state index in [9.17, 15) is 0 Å². The molecule has 5 rings (SSSR count). The lowest BCUT2D eigenvalue weighted by Gasteiger charge is -2.39. The lowest BCUT2D eigenvalue weighted by molar-refractivity contribution is 0.0992. The first-order valence-electron chi connectivity index (χ1n) is 25.6. The largest absolute Gasteiger partial charge is 0.0776 e. The Kier molecular flexibility index (Phi) is 33.0. The van der Waals surface area contributed by atoms with Crippen LogP contribution in [0.15, 0.2) is 72.8 Å². The van der Waals surface area contributed by atoms with E-state index in [1.807, 2.05) is 0 Å². The zero-order valence-corrected chi connectivity index (χ0v) is 45.9. The molecule has 2 aliphatic carbocycles. The number of rotatable bonds is 6. The molecule has 0 spiro atoms. The van der Waals surface area contributed by atoms with Crippen molar-refractivity contribution in [2.45, 2.75) is 270 Å². The van der Waals surface area contributed by atoms with Gasteiger partial charge in [-0.05, 0) is 146 Å². The molecule has 0 nitrogen and oxygen atoms in total. The van der Waals surface area contributed by atoms with E-state index in [0.29, 0.717) is 57.2 Å². The molecule has 0 heterocycles. The van der Waals surface area contributed by atoms with Crippen molar-refractivity contribution in [1.82, 2.24) is 0 Å². The van der Waals surface area contributed by atoms with Gasteiger partial charge in [-0.15, -0.1) is 0 Å². The van der Waals surface area contributed by atoms with Crippen molar-refractivity contribution in [1.29, 1.82) is 0 Å². The minimum Gasteiger partial charge on any atom is -0.0776 e. The maximum atomic E-state index is 2.40. The second kappa shape index (κ2) is 31.0. The van der Waals surface area contributed by atoms with E-state index < -0.39 is 0 Å². The quantitative estimate of drug-likeness (QED) is 0.231. The molecule has 0 bridgehead atoms. The van der Waals surface area contributed by atoms with Gasteiger partial charge in [0.2, 0.25) is 0 Å². The van der Waals surface area contributed by atoms with Crippen molar-refractivity contribution in [2.24, 2.45) is 45.3 Å². The molecule has 0 aliphatic heterocycles. The molecule has 0 heteroatoms. The molecule has 0 radical (unpaired) electrons. The van der Waals surface area contributed by atoms with Crippen LogP contribution in [0.2, 0.25) is 0 Å². The second-order valence-corrected chi connectivity index (χ2v) is 25.7. The van der Waals surface area contributed by atoms with E-state index in [1.165, 1.54) is 71.9 Å². The van der Waals surface area contributed by atoms with Crippen LogP contribution in [0.3, 0.4) is 0 Å². The summed E-state index contributed by atoms with van der Waals surface area (Å²) in [7, 11) is 0. The smallest absolute Gasteiger partial charge is 0.0216 e. The molecule has 0 saturated heterocycles. The summed E-state index contributed by atoms with van der Waals surface area (Å²) in [5.74, 6) is 7.64. The Morgan fingerprint density at radius 1 is 0.333 bits per heavy atom. The molecule has 3 aromatic rings. The van der Waals surface area contributed by atoms with Crippen molar-refractivity contribution in [3.05, 3.63) is 106 Å². The topological polar surface area (TPSA) is 0 Å².